The Morgan fingerprint density at radius 3 is 2.63 bits per heavy atom. The number of rotatable bonds is 4. The fraction of sp³-hybridized carbons (Fsp3) is 0.600. The lowest BCUT2D eigenvalue weighted by atomic mass is 9.76. The van der Waals surface area contributed by atoms with Crippen LogP contribution in [0.2, 0.25) is 5.02 Å². The first-order valence-corrected chi connectivity index (χ1v) is 7.44. The van der Waals surface area contributed by atoms with E-state index in [-0.39, 0.29) is 11.9 Å². The lowest BCUT2D eigenvalue weighted by Gasteiger charge is -2.33. The maximum Gasteiger partial charge on any atom is 0.128 e. The first kappa shape index (κ1) is 14.8. The molecule has 0 amide bonds. The van der Waals surface area contributed by atoms with Crippen LogP contribution in [0, 0.1) is 17.7 Å². The highest BCUT2D eigenvalue weighted by molar-refractivity contribution is 6.30. The second kappa shape index (κ2) is 6.69. The van der Waals surface area contributed by atoms with Crippen molar-refractivity contribution in [2.45, 2.75) is 45.1 Å². The van der Waals surface area contributed by atoms with Crippen molar-refractivity contribution in [3.8, 4) is 0 Å². The van der Waals surface area contributed by atoms with E-state index < -0.39 is 0 Å². The molecule has 2 rings (SSSR count). The molecular formula is C15H22ClFN2. The summed E-state index contributed by atoms with van der Waals surface area (Å²) >= 11 is 5.97. The maximum absolute atomic E-state index is 14.0. The summed E-state index contributed by atoms with van der Waals surface area (Å²) in [5.74, 6) is 6.64. The zero-order valence-electron chi connectivity index (χ0n) is 11.3. The quantitative estimate of drug-likeness (QED) is 0.642. The molecule has 1 saturated carbocycles. The summed E-state index contributed by atoms with van der Waals surface area (Å²) in [5, 5.41) is 0.555. The van der Waals surface area contributed by atoms with Gasteiger partial charge in [0.1, 0.15) is 5.82 Å². The summed E-state index contributed by atoms with van der Waals surface area (Å²) in [4.78, 5) is 0. The fourth-order valence-corrected chi connectivity index (χ4v) is 3.34. The predicted octanol–water partition coefficient (Wildman–Crippen LogP) is 4.20. The Bertz CT molecular complexity index is 417. The van der Waals surface area contributed by atoms with Crippen molar-refractivity contribution in [2.24, 2.45) is 17.7 Å². The van der Waals surface area contributed by atoms with Crippen molar-refractivity contribution in [1.29, 1.82) is 0 Å². The van der Waals surface area contributed by atoms with E-state index in [9.17, 15) is 4.39 Å². The van der Waals surface area contributed by atoms with Crippen LogP contribution in [-0.2, 0) is 0 Å². The zero-order valence-corrected chi connectivity index (χ0v) is 12.1. The fourth-order valence-electron chi connectivity index (χ4n) is 3.16. The molecule has 0 spiro atoms. The van der Waals surface area contributed by atoms with E-state index in [2.05, 4.69) is 12.3 Å². The molecule has 0 aliphatic heterocycles. The monoisotopic (exact) mass is 284 g/mol. The highest BCUT2D eigenvalue weighted by Gasteiger charge is 2.29. The summed E-state index contributed by atoms with van der Waals surface area (Å²) in [5.41, 5.74) is 3.38. The third-order valence-electron chi connectivity index (χ3n) is 4.41. The van der Waals surface area contributed by atoms with Crippen LogP contribution in [0.1, 0.15) is 50.6 Å². The zero-order chi connectivity index (χ0) is 13.8. The topological polar surface area (TPSA) is 38.0 Å². The van der Waals surface area contributed by atoms with Crippen LogP contribution >= 0.6 is 11.6 Å². The number of hydrazine groups is 1. The predicted molar refractivity (Wildman–Crippen MR) is 77.2 cm³/mol. The van der Waals surface area contributed by atoms with Crippen LogP contribution in [0.15, 0.2) is 18.2 Å². The van der Waals surface area contributed by atoms with E-state index in [0.29, 0.717) is 16.5 Å². The van der Waals surface area contributed by atoms with Gasteiger partial charge in [-0.15, -0.1) is 0 Å². The molecule has 0 saturated heterocycles. The molecule has 1 atom stereocenters. The largest absolute Gasteiger partial charge is 0.271 e. The number of benzene rings is 1. The van der Waals surface area contributed by atoms with Gasteiger partial charge >= 0.3 is 0 Å². The van der Waals surface area contributed by atoms with E-state index in [1.54, 1.807) is 12.1 Å². The van der Waals surface area contributed by atoms with Crippen LogP contribution in [0.5, 0.6) is 0 Å². The van der Waals surface area contributed by atoms with Gasteiger partial charge in [0.05, 0.1) is 6.04 Å². The van der Waals surface area contributed by atoms with Gasteiger partial charge in [-0.05, 0) is 42.9 Å². The van der Waals surface area contributed by atoms with Crippen molar-refractivity contribution in [1.82, 2.24) is 5.43 Å². The Labute approximate surface area is 119 Å². The number of hydrogen-bond acceptors (Lipinski definition) is 2. The molecular weight excluding hydrogens is 263 g/mol. The van der Waals surface area contributed by atoms with Crippen molar-refractivity contribution in [2.75, 3.05) is 0 Å². The summed E-state index contributed by atoms with van der Waals surface area (Å²) in [6.45, 7) is 2.24. The molecule has 1 fully saturated rings. The van der Waals surface area contributed by atoms with Gasteiger partial charge in [0.15, 0.2) is 0 Å². The number of hydrogen-bond donors (Lipinski definition) is 2. The van der Waals surface area contributed by atoms with Gasteiger partial charge in [-0.2, -0.15) is 0 Å². The molecule has 1 aliphatic rings. The minimum atomic E-state index is -0.232. The molecule has 0 bridgehead atoms. The summed E-state index contributed by atoms with van der Waals surface area (Å²) in [7, 11) is 0. The minimum absolute atomic E-state index is 0.142. The van der Waals surface area contributed by atoms with Gasteiger partial charge in [-0.3, -0.25) is 11.3 Å². The summed E-state index contributed by atoms with van der Waals surface area (Å²) < 4.78 is 14.0. The average Bonchev–Trinajstić information content (AvgIpc) is 2.44. The molecule has 1 unspecified atom stereocenters. The Balaban J connectivity index is 2.14. The van der Waals surface area contributed by atoms with Gasteiger partial charge in [0, 0.05) is 10.6 Å². The molecule has 4 heteroatoms. The highest BCUT2D eigenvalue weighted by Crippen LogP contribution is 2.38. The van der Waals surface area contributed by atoms with Crippen molar-refractivity contribution >= 4 is 11.6 Å². The average molecular weight is 285 g/mol. The van der Waals surface area contributed by atoms with Gasteiger partial charge in [-0.25, -0.2) is 4.39 Å². The maximum atomic E-state index is 14.0. The molecule has 1 aliphatic carbocycles. The van der Waals surface area contributed by atoms with Gasteiger partial charge in [0.25, 0.3) is 0 Å². The molecule has 1 aromatic carbocycles. The normalized spacial score (nSPS) is 25.3. The molecule has 19 heavy (non-hydrogen) atoms. The van der Waals surface area contributed by atoms with Gasteiger partial charge in [0.2, 0.25) is 0 Å². The molecule has 3 N–H and O–H groups in total. The Kier molecular flexibility index (Phi) is 5.20. The first-order chi connectivity index (χ1) is 9.15. The van der Waals surface area contributed by atoms with Crippen molar-refractivity contribution in [3.63, 3.8) is 0 Å². The summed E-state index contributed by atoms with van der Waals surface area (Å²) in [6.07, 6.45) is 5.85. The highest BCUT2D eigenvalue weighted by atomic mass is 35.5. The van der Waals surface area contributed by atoms with E-state index in [1.165, 1.54) is 25.3 Å². The van der Waals surface area contributed by atoms with Crippen molar-refractivity contribution < 1.29 is 4.39 Å². The van der Waals surface area contributed by atoms with Crippen LogP contribution in [0.4, 0.5) is 4.39 Å². The van der Waals surface area contributed by atoms with E-state index in [4.69, 9.17) is 17.4 Å². The standard InChI is InChI=1S/C15H22ClFN2/c1-2-10-3-5-11(6-4-10)15(19-18)13-9-12(16)7-8-14(13)17/h7-11,15,19H,2-6,18H2,1H3. The second-order valence-corrected chi connectivity index (χ2v) is 5.94. The van der Waals surface area contributed by atoms with Crippen LogP contribution in [0.25, 0.3) is 0 Å². The Hall–Kier alpha value is -0.640. The first-order valence-electron chi connectivity index (χ1n) is 7.06. The Morgan fingerprint density at radius 2 is 2.05 bits per heavy atom. The van der Waals surface area contributed by atoms with E-state index >= 15 is 0 Å². The molecule has 0 radical (unpaired) electrons. The molecule has 0 heterocycles. The number of halogens is 2. The lowest BCUT2D eigenvalue weighted by Crippen LogP contribution is -2.36. The third-order valence-corrected chi connectivity index (χ3v) is 4.65. The third kappa shape index (κ3) is 3.47. The Morgan fingerprint density at radius 1 is 1.37 bits per heavy atom. The molecule has 106 valence electrons. The van der Waals surface area contributed by atoms with E-state index in [1.807, 2.05) is 0 Å². The molecule has 0 aromatic heterocycles. The lowest BCUT2D eigenvalue weighted by molar-refractivity contribution is 0.217. The second-order valence-electron chi connectivity index (χ2n) is 5.50. The smallest absolute Gasteiger partial charge is 0.128 e. The SMILES string of the molecule is CCC1CCC(C(NN)c2cc(Cl)ccc2F)CC1. The summed E-state index contributed by atoms with van der Waals surface area (Å²) in [6, 6.07) is 4.53. The van der Waals surface area contributed by atoms with Gasteiger partial charge in [-0.1, -0.05) is 37.8 Å². The minimum Gasteiger partial charge on any atom is -0.271 e. The van der Waals surface area contributed by atoms with Gasteiger partial charge < -0.3 is 0 Å². The van der Waals surface area contributed by atoms with Crippen LogP contribution < -0.4 is 11.3 Å². The van der Waals surface area contributed by atoms with E-state index in [0.717, 1.165) is 18.8 Å². The molecule has 1 aromatic rings. The van der Waals surface area contributed by atoms with Crippen LogP contribution in [0.3, 0.4) is 0 Å². The molecule has 2 nitrogen and oxygen atoms in total. The van der Waals surface area contributed by atoms with Crippen molar-refractivity contribution in [3.05, 3.63) is 34.6 Å². The van der Waals surface area contributed by atoms with Crippen LogP contribution in [-0.4, -0.2) is 0 Å². The number of nitrogens with one attached hydrogen (secondary N) is 1. The number of nitrogens with two attached hydrogens (primary N) is 1.